The van der Waals surface area contributed by atoms with Crippen molar-refractivity contribution in [3.63, 3.8) is 0 Å². The number of hydrogen-bond acceptors (Lipinski definition) is 10. The minimum atomic E-state index is -1.06. The molecule has 0 saturated heterocycles. The van der Waals surface area contributed by atoms with E-state index in [1.54, 1.807) is 0 Å². The third-order valence-electron chi connectivity index (χ3n) is 6.94. The number of nitrogens with one attached hydrogen (secondary N) is 1. The zero-order valence-electron chi connectivity index (χ0n) is 21.9. The number of nitrogens with zero attached hydrogens (tertiary/aromatic N) is 2. The molecule has 1 amide bonds. The second-order valence-corrected chi connectivity index (χ2v) is 9.86. The Morgan fingerprint density at radius 2 is 1.67 bits per heavy atom. The minimum Gasteiger partial charge on any atom is -0.393 e. The summed E-state index contributed by atoms with van der Waals surface area (Å²) in [6.45, 7) is -1.15. The number of aliphatic hydroxyl groups excluding tert-OH is 3. The van der Waals surface area contributed by atoms with E-state index in [1.807, 2.05) is 42.5 Å². The molecule has 0 unspecified atom stereocenters. The van der Waals surface area contributed by atoms with Gasteiger partial charge < -0.3 is 30.3 Å². The van der Waals surface area contributed by atoms with Gasteiger partial charge in [-0.15, -0.1) is 20.2 Å². The number of unbranched alkanes of at least 4 members (excludes halogenated alkanes) is 1. The Morgan fingerprint density at radius 1 is 1.03 bits per heavy atom. The Morgan fingerprint density at radius 3 is 2.31 bits per heavy atom. The lowest BCUT2D eigenvalue weighted by Gasteiger charge is -2.23. The first-order chi connectivity index (χ1) is 18.7. The van der Waals surface area contributed by atoms with E-state index in [0.717, 1.165) is 6.42 Å². The van der Waals surface area contributed by atoms with Crippen LogP contribution >= 0.6 is 0 Å². The summed E-state index contributed by atoms with van der Waals surface area (Å²) >= 11 is 0. The van der Waals surface area contributed by atoms with Gasteiger partial charge in [0.1, 0.15) is 13.2 Å². The van der Waals surface area contributed by atoms with Crippen LogP contribution in [0.4, 0.5) is 0 Å². The van der Waals surface area contributed by atoms with Crippen LogP contribution < -0.4 is 5.32 Å². The van der Waals surface area contributed by atoms with Crippen LogP contribution in [-0.4, -0.2) is 69.0 Å². The zero-order valence-corrected chi connectivity index (χ0v) is 21.9. The van der Waals surface area contributed by atoms with E-state index in [1.165, 1.54) is 5.56 Å². The SMILES string of the molecule is O=C(CCC/C=C\C[C@@H]1[C@@H](CC[C@@H](O)CCc2ccccc2)[C@H](O)C[C@@H]1O)NC(CO[N+](=O)[O-])CO[N+](=O)[O-]. The van der Waals surface area contributed by atoms with E-state index in [-0.39, 0.29) is 18.3 Å². The van der Waals surface area contributed by atoms with Crippen LogP contribution in [0.2, 0.25) is 0 Å². The molecule has 218 valence electrons. The highest BCUT2D eigenvalue weighted by Gasteiger charge is 2.40. The summed E-state index contributed by atoms with van der Waals surface area (Å²) in [5.41, 5.74) is 1.17. The highest BCUT2D eigenvalue weighted by molar-refractivity contribution is 5.76. The van der Waals surface area contributed by atoms with Gasteiger partial charge in [0, 0.05) is 6.42 Å². The number of benzene rings is 1. The number of amides is 1. The number of carbonyl (C=O) groups excluding carboxylic acids is 1. The van der Waals surface area contributed by atoms with E-state index >= 15 is 0 Å². The average Bonchev–Trinajstić information content (AvgIpc) is 3.17. The molecule has 0 spiro atoms. The lowest BCUT2D eigenvalue weighted by molar-refractivity contribution is -0.766. The predicted molar refractivity (Wildman–Crippen MR) is 139 cm³/mol. The lowest BCUT2D eigenvalue weighted by atomic mass is 9.85. The van der Waals surface area contributed by atoms with Crippen LogP contribution in [0, 0.1) is 32.1 Å². The van der Waals surface area contributed by atoms with Crippen molar-refractivity contribution in [3.05, 3.63) is 68.3 Å². The molecule has 1 aliphatic rings. The molecule has 2 rings (SSSR count). The van der Waals surface area contributed by atoms with Crippen LogP contribution in [-0.2, 0) is 20.9 Å². The number of carbonyl (C=O) groups is 1. The third kappa shape index (κ3) is 12.9. The normalized spacial score (nSPS) is 21.6. The fraction of sp³-hybridized carbons (Fsp3) is 0.654. The van der Waals surface area contributed by atoms with Crippen molar-refractivity contribution in [2.24, 2.45) is 11.8 Å². The van der Waals surface area contributed by atoms with Gasteiger partial charge in [-0.3, -0.25) is 4.79 Å². The second-order valence-electron chi connectivity index (χ2n) is 9.86. The van der Waals surface area contributed by atoms with Crippen molar-refractivity contribution < 1.29 is 40.0 Å². The third-order valence-corrected chi connectivity index (χ3v) is 6.94. The number of rotatable bonds is 19. The van der Waals surface area contributed by atoms with Gasteiger partial charge in [0.2, 0.25) is 5.91 Å². The smallest absolute Gasteiger partial charge is 0.294 e. The van der Waals surface area contributed by atoms with E-state index in [0.29, 0.717) is 44.9 Å². The van der Waals surface area contributed by atoms with E-state index < -0.39 is 53.6 Å². The molecule has 0 aliphatic heterocycles. The van der Waals surface area contributed by atoms with Crippen molar-refractivity contribution in [1.82, 2.24) is 5.32 Å². The van der Waals surface area contributed by atoms with Gasteiger partial charge in [-0.1, -0.05) is 42.5 Å². The molecule has 1 fully saturated rings. The fourth-order valence-electron chi connectivity index (χ4n) is 4.90. The average molecular weight is 554 g/mol. The summed E-state index contributed by atoms with van der Waals surface area (Å²) < 4.78 is 0. The predicted octanol–water partition coefficient (Wildman–Crippen LogP) is 2.14. The molecule has 0 radical (unpaired) electrons. The molecule has 0 aromatic heterocycles. The molecule has 0 heterocycles. The molecule has 13 heteroatoms. The molecular weight excluding hydrogens is 514 g/mol. The summed E-state index contributed by atoms with van der Waals surface area (Å²) in [7, 11) is 0. The summed E-state index contributed by atoms with van der Waals surface area (Å²) in [5, 5.41) is 52.3. The molecule has 1 aromatic carbocycles. The molecule has 1 saturated carbocycles. The molecule has 1 aromatic rings. The molecular formula is C26H39N3O10. The first kappa shape index (κ1) is 31.9. The highest BCUT2D eigenvalue weighted by atomic mass is 17.0. The van der Waals surface area contributed by atoms with Gasteiger partial charge in [0.05, 0.1) is 24.4 Å². The monoisotopic (exact) mass is 553 g/mol. The van der Waals surface area contributed by atoms with Crippen molar-refractivity contribution in [2.75, 3.05) is 13.2 Å². The van der Waals surface area contributed by atoms with Crippen LogP contribution in [0.5, 0.6) is 0 Å². The van der Waals surface area contributed by atoms with Crippen LogP contribution in [0.25, 0.3) is 0 Å². The highest BCUT2D eigenvalue weighted by Crippen LogP contribution is 2.38. The van der Waals surface area contributed by atoms with Crippen molar-refractivity contribution in [2.45, 2.75) is 82.1 Å². The summed E-state index contributed by atoms with van der Waals surface area (Å²) in [4.78, 5) is 41.1. The first-order valence-corrected chi connectivity index (χ1v) is 13.2. The quantitative estimate of drug-likeness (QED) is 0.0853. The fourth-order valence-corrected chi connectivity index (χ4v) is 4.90. The Bertz CT molecular complexity index is 899. The minimum absolute atomic E-state index is 0.0893. The van der Waals surface area contributed by atoms with E-state index in [2.05, 4.69) is 15.0 Å². The molecule has 39 heavy (non-hydrogen) atoms. The van der Waals surface area contributed by atoms with Crippen LogP contribution in [0.3, 0.4) is 0 Å². The van der Waals surface area contributed by atoms with Gasteiger partial charge in [0.25, 0.3) is 10.2 Å². The summed E-state index contributed by atoms with van der Waals surface area (Å²) in [5.74, 6) is -0.682. The molecule has 13 nitrogen and oxygen atoms in total. The Balaban J connectivity index is 1.70. The van der Waals surface area contributed by atoms with Gasteiger partial charge in [0.15, 0.2) is 0 Å². The maximum absolute atomic E-state index is 12.1. The van der Waals surface area contributed by atoms with Gasteiger partial charge >= 0.3 is 0 Å². The number of hydrogen-bond donors (Lipinski definition) is 4. The van der Waals surface area contributed by atoms with Crippen molar-refractivity contribution >= 4 is 5.91 Å². The number of allylic oxidation sites excluding steroid dienone is 2. The molecule has 4 N–H and O–H groups in total. The molecule has 1 aliphatic carbocycles. The van der Waals surface area contributed by atoms with E-state index in [9.17, 15) is 40.3 Å². The van der Waals surface area contributed by atoms with Gasteiger partial charge in [-0.05, 0) is 68.8 Å². The number of aliphatic hydroxyl groups is 3. The van der Waals surface area contributed by atoms with Crippen molar-refractivity contribution in [3.8, 4) is 0 Å². The largest absolute Gasteiger partial charge is 0.393 e. The molecule has 0 bridgehead atoms. The number of aryl methyl sites for hydroxylation is 1. The summed E-state index contributed by atoms with van der Waals surface area (Å²) in [6, 6.07) is 8.89. The second kappa shape index (κ2) is 17.3. The maximum atomic E-state index is 12.1. The zero-order chi connectivity index (χ0) is 28.6. The maximum Gasteiger partial charge on any atom is 0.294 e. The Hall–Kier alpha value is -3.29. The Kier molecular flexibility index (Phi) is 14.2. The van der Waals surface area contributed by atoms with Crippen molar-refractivity contribution in [1.29, 1.82) is 0 Å². The lowest BCUT2D eigenvalue weighted by Crippen LogP contribution is -2.42. The van der Waals surface area contributed by atoms with Gasteiger partial charge in [-0.25, -0.2) is 0 Å². The van der Waals surface area contributed by atoms with Crippen LogP contribution in [0.15, 0.2) is 42.5 Å². The van der Waals surface area contributed by atoms with Crippen LogP contribution in [0.1, 0.15) is 56.9 Å². The molecule has 5 atom stereocenters. The Labute approximate surface area is 227 Å². The first-order valence-electron chi connectivity index (χ1n) is 13.2. The van der Waals surface area contributed by atoms with Gasteiger partial charge in [-0.2, -0.15) is 0 Å². The summed E-state index contributed by atoms with van der Waals surface area (Å²) in [6.07, 6.45) is 6.67. The van der Waals surface area contributed by atoms with E-state index in [4.69, 9.17) is 0 Å². The standard InChI is InChI=1S/C26H39N3O10/c30-21(13-12-19-8-4-3-5-9-19)14-15-23-22(24(31)16-25(23)32)10-6-1-2-7-11-26(33)27-20(17-38-28(34)35)18-39-29(36)37/h1,3-6,8-9,20-25,30-32H,2,7,10-18H2,(H,27,33)/b6-1-/t21-,22+,23+,24-,25+/m0/s1. The topological polar surface area (TPSA) is 195 Å².